The predicted octanol–water partition coefficient (Wildman–Crippen LogP) is 5.90. The Labute approximate surface area is 198 Å². The molecular formula is C27H25NO5S. The van der Waals surface area contributed by atoms with Crippen LogP contribution in [0, 0.1) is 27.7 Å². The van der Waals surface area contributed by atoms with E-state index in [-0.39, 0.29) is 21.9 Å². The molecule has 4 aromatic rings. The maximum absolute atomic E-state index is 14.1. The number of aryl methyl sites for hydroxylation is 4. The highest BCUT2D eigenvalue weighted by atomic mass is 32.2. The minimum Gasteiger partial charge on any atom is -0.461 e. The molecule has 0 saturated carbocycles. The maximum Gasteiger partial charge on any atom is 0.272 e. The van der Waals surface area contributed by atoms with Crippen molar-refractivity contribution in [1.29, 1.82) is 0 Å². The van der Waals surface area contributed by atoms with E-state index in [0.717, 1.165) is 9.87 Å². The molecule has 1 aromatic heterocycles. The van der Waals surface area contributed by atoms with Crippen molar-refractivity contribution in [3.63, 3.8) is 0 Å². The van der Waals surface area contributed by atoms with E-state index in [9.17, 15) is 18.0 Å². The minimum absolute atomic E-state index is 0.0812. The van der Waals surface area contributed by atoms with Crippen LogP contribution >= 0.6 is 0 Å². The molecule has 0 aliphatic carbocycles. The zero-order chi connectivity index (χ0) is 24.8. The molecule has 4 rings (SSSR count). The van der Waals surface area contributed by atoms with Crippen LogP contribution in [-0.2, 0) is 10.0 Å². The lowest BCUT2D eigenvalue weighted by Gasteiger charge is -2.25. The Balaban J connectivity index is 2.01. The molecule has 0 N–H and O–H groups in total. The Morgan fingerprint density at radius 1 is 0.853 bits per heavy atom. The summed E-state index contributed by atoms with van der Waals surface area (Å²) in [5.74, 6) is -0.458. The lowest BCUT2D eigenvalue weighted by Crippen LogP contribution is -2.37. The van der Waals surface area contributed by atoms with Crippen molar-refractivity contribution < 1.29 is 22.4 Å². The van der Waals surface area contributed by atoms with Crippen LogP contribution in [0.1, 0.15) is 50.1 Å². The van der Waals surface area contributed by atoms with Gasteiger partial charge in [-0.25, -0.2) is 8.42 Å². The maximum atomic E-state index is 14.1. The largest absolute Gasteiger partial charge is 0.461 e. The summed E-state index contributed by atoms with van der Waals surface area (Å²) in [6.07, 6.45) is 0. The smallest absolute Gasteiger partial charge is 0.272 e. The molecule has 6 nitrogen and oxygen atoms in total. The standard InChI is InChI=1S/C27H25NO5S/c1-16-13-17(2)26(18(3)14-16)34(31,32)28(27(30)21-9-7-6-8-10-21)22-11-12-24-23(15-22)25(19(4)29)20(5)33-24/h6-15H,1-5H3. The van der Waals surface area contributed by atoms with Gasteiger partial charge in [0.2, 0.25) is 0 Å². The number of hydrogen-bond acceptors (Lipinski definition) is 5. The number of carbonyl (C=O) groups is 2. The lowest BCUT2D eigenvalue weighted by molar-refractivity contribution is 0.1000. The fraction of sp³-hybridized carbons (Fsp3) is 0.185. The van der Waals surface area contributed by atoms with Gasteiger partial charge in [0.15, 0.2) is 5.78 Å². The predicted molar refractivity (Wildman–Crippen MR) is 132 cm³/mol. The first-order valence-electron chi connectivity index (χ1n) is 10.8. The first kappa shape index (κ1) is 23.4. The van der Waals surface area contributed by atoms with Gasteiger partial charge in [0.1, 0.15) is 11.3 Å². The van der Waals surface area contributed by atoms with Crippen molar-refractivity contribution in [2.75, 3.05) is 4.31 Å². The Morgan fingerprint density at radius 2 is 1.47 bits per heavy atom. The molecule has 0 saturated heterocycles. The zero-order valence-corrected chi connectivity index (χ0v) is 20.5. The van der Waals surface area contributed by atoms with Gasteiger partial charge >= 0.3 is 0 Å². The second-order valence-electron chi connectivity index (χ2n) is 8.44. The molecular weight excluding hydrogens is 450 g/mol. The van der Waals surface area contributed by atoms with Gasteiger partial charge in [-0.15, -0.1) is 0 Å². The highest BCUT2D eigenvalue weighted by Crippen LogP contribution is 2.35. The van der Waals surface area contributed by atoms with Gasteiger partial charge in [-0.2, -0.15) is 4.31 Å². The van der Waals surface area contributed by atoms with Crippen LogP contribution in [-0.4, -0.2) is 20.1 Å². The summed E-state index contributed by atoms with van der Waals surface area (Å²) in [4.78, 5) is 26.0. The van der Waals surface area contributed by atoms with Gasteiger partial charge in [-0.05, 0) is 76.1 Å². The van der Waals surface area contributed by atoms with Crippen molar-refractivity contribution in [2.24, 2.45) is 0 Å². The van der Waals surface area contributed by atoms with Gasteiger partial charge in [-0.3, -0.25) is 9.59 Å². The van der Waals surface area contributed by atoms with Crippen LogP contribution in [0.4, 0.5) is 5.69 Å². The number of benzene rings is 3. The molecule has 0 spiro atoms. The van der Waals surface area contributed by atoms with Gasteiger partial charge in [-0.1, -0.05) is 35.9 Å². The monoisotopic (exact) mass is 475 g/mol. The summed E-state index contributed by atoms with van der Waals surface area (Å²) in [7, 11) is -4.31. The van der Waals surface area contributed by atoms with Gasteiger partial charge in [0, 0.05) is 10.9 Å². The van der Waals surface area contributed by atoms with E-state index in [0.29, 0.717) is 33.4 Å². The van der Waals surface area contributed by atoms with Crippen LogP contribution < -0.4 is 4.31 Å². The fourth-order valence-electron chi connectivity index (χ4n) is 4.50. The molecule has 3 aromatic carbocycles. The average molecular weight is 476 g/mol. The number of sulfonamides is 1. The van der Waals surface area contributed by atoms with Crippen molar-refractivity contribution in [1.82, 2.24) is 0 Å². The molecule has 0 atom stereocenters. The first-order chi connectivity index (χ1) is 16.0. The third kappa shape index (κ3) is 3.92. The summed E-state index contributed by atoms with van der Waals surface area (Å²) in [5.41, 5.74) is 3.19. The number of nitrogens with zero attached hydrogens (tertiary/aromatic N) is 1. The SMILES string of the molecule is CC(=O)c1c(C)oc2ccc(N(C(=O)c3ccccc3)S(=O)(=O)c3c(C)cc(C)cc3C)cc12. The quantitative estimate of drug-likeness (QED) is 0.335. The number of hydrogen-bond donors (Lipinski definition) is 0. The Kier molecular flexibility index (Phi) is 5.91. The van der Waals surface area contributed by atoms with Crippen molar-refractivity contribution in [3.05, 3.63) is 94.2 Å². The van der Waals surface area contributed by atoms with Crippen LogP contribution in [0.25, 0.3) is 11.0 Å². The molecule has 0 bridgehead atoms. The third-order valence-electron chi connectivity index (χ3n) is 5.74. The second kappa shape index (κ2) is 8.57. The zero-order valence-electron chi connectivity index (χ0n) is 19.7. The summed E-state index contributed by atoms with van der Waals surface area (Å²) < 4.78 is 34.7. The number of carbonyl (C=O) groups excluding carboxylic acids is 2. The summed E-state index contributed by atoms with van der Waals surface area (Å²) >= 11 is 0. The molecule has 174 valence electrons. The Hall–Kier alpha value is -3.71. The molecule has 1 heterocycles. The van der Waals surface area contributed by atoms with E-state index in [1.54, 1.807) is 69.3 Å². The van der Waals surface area contributed by atoms with Crippen molar-refractivity contribution >= 4 is 38.4 Å². The van der Waals surface area contributed by atoms with Crippen molar-refractivity contribution in [2.45, 2.75) is 39.5 Å². The topological polar surface area (TPSA) is 84.7 Å². The van der Waals surface area contributed by atoms with E-state index in [2.05, 4.69) is 0 Å². The highest BCUT2D eigenvalue weighted by molar-refractivity contribution is 7.93. The van der Waals surface area contributed by atoms with Crippen LogP contribution in [0.2, 0.25) is 0 Å². The molecule has 0 radical (unpaired) electrons. The number of anilines is 1. The van der Waals surface area contributed by atoms with Crippen LogP contribution in [0.3, 0.4) is 0 Å². The van der Waals surface area contributed by atoms with Crippen LogP contribution in [0.5, 0.6) is 0 Å². The number of amides is 1. The summed E-state index contributed by atoms with van der Waals surface area (Å²) in [6, 6.07) is 16.4. The number of Topliss-reactive ketones (excluding diaryl/α,β-unsaturated/α-hetero) is 1. The van der Waals surface area contributed by atoms with E-state index in [4.69, 9.17) is 4.42 Å². The summed E-state index contributed by atoms with van der Waals surface area (Å²) in [6.45, 7) is 8.43. The van der Waals surface area contributed by atoms with Crippen molar-refractivity contribution in [3.8, 4) is 0 Å². The van der Waals surface area contributed by atoms with E-state index in [1.165, 1.54) is 19.1 Å². The van der Waals surface area contributed by atoms with E-state index < -0.39 is 15.9 Å². The lowest BCUT2D eigenvalue weighted by atomic mass is 10.1. The molecule has 0 fully saturated rings. The average Bonchev–Trinajstić information content (AvgIpc) is 3.08. The molecule has 1 amide bonds. The molecule has 34 heavy (non-hydrogen) atoms. The van der Waals surface area contributed by atoms with Gasteiger partial charge < -0.3 is 4.42 Å². The number of rotatable bonds is 5. The van der Waals surface area contributed by atoms with Crippen LogP contribution in [0.15, 0.2) is 70.0 Å². The van der Waals surface area contributed by atoms with E-state index in [1.807, 2.05) is 6.92 Å². The Morgan fingerprint density at radius 3 is 2.06 bits per heavy atom. The van der Waals surface area contributed by atoms with Gasteiger partial charge in [0.25, 0.3) is 15.9 Å². The highest BCUT2D eigenvalue weighted by Gasteiger charge is 2.34. The molecule has 7 heteroatoms. The number of furan rings is 1. The molecule has 0 aliphatic heterocycles. The van der Waals surface area contributed by atoms with Gasteiger partial charge in [0.05, 0.1) is 16.1 Å². The third-order valence-corrected chi connectivity index (χ3v) is 7.76. The minimum atomic E-state index is -4.31. The fourth-order valence-corrected chi connectivity index (χ4v) is 6.33. The second-order valence-corrected chi connectivity index (χ2v) is 10.2. The number of ketones is 1. The normalized spacial score (nSPS) is 11.6. The molecule has 0 unspecified atom stereocenters. The Bertz CT molecular complexity index is 1530. The van der Waals surface area contributed by atoms with E-state index >= 15 is 0 Å². The molecule has 0 aliphatic rings. The summed E-state index contributed by atoms with van der Waals surface area (Å²) in [5, 5.41) is 0.459. The first-order valence-corrected chi connectivity index (χ1v) is 12.2. The number of fused-ring (bicyclic) bond motifs is 1.